The van der Waals surface area contributed by atoms with Gasteiger partial charge in [0.15, 0.2) is 0 Å². The van der Waals surface area contributed by atoms with E-state index < -0.39 is 15.6 Å². The molecule has 0 aliphatic rings. The molecule has 0 amide bonds. The smallest absolute Gasteiger partial charge is 0.240 e. The van der Waals surface area contributed by atoms with Gasteiger partial charge in [-0.05, 0) is 51.0 Å². The topological polar surface area (TPSA) is 72.2 Å². The first-order valence-electron chi connectivity index (χ1n) is 5.48. The van der Waals surface area contributed by atoms with Crippen LogP contribution >= 0.6 is 0 Å². The molecule has 17 heavy (non-hydrogen) atoms. The number of benzene rings is 1. The average Bonchev–Trinajstić information content (AvgIpc) is 2.18. The molecule has 1 aromatic carbocycles. The van der Waals surface area contributed by atoms with Crippen molar-refractivity contribution in [1.29, 1.82) is 0 Å². The summed E-state index contributed by atoms with van der Waals surface area (Å²) in [4.78, 5) is 0.282. The summed E-state index contributed by atoms with van der Waals surface area (Å²) in [6.45, 7) is 7.59. The van der Waals surface area contributed by atoms with Crippen molar-refractivity contribution in [3.8, 4) is 0 Å². The second-order valence-corrected chi connectivity index (χ2v) is 6.83. The molecule has 3 N–H and O–H groups in total. The molecule has 0 heterocycles. The van der Waals surface area contributed by atoms with Gasteiger partial charge in [0.1, 0.15) is 0 Å². The molecule has 0 spiro atoms. The lowest BCUT2D eigenvalue weighted by molar-refractivity contribution is 0.498. The quantitative estimate of drug-likeness (QED) is 0.853. The molecular formula is C12H20N2O2S. The Kier molecular flexibility index (Phi) is 3.96. The van der Waals surface area contributed by atoms with Crippen molar-refractivity contribution in [3.05, 3.63) is 29.3 Å². The van der Waals surface area contributed by atoms with Gasteiger partial charge in [0.2, 0.25) is 10.0 Å². The fourth-order valence-corrected chi connectivity index (χ4v) is 2.55. The van der Waals surface area contributed by atoms with Gasteiger partial charge >= 0.3 is 0 Å². The van der Waals surface area contributed by atoms with E-state index in [0.717, 1.165) is 11.1 Å². The first-order chi connectivity index (χ1) is 7.62. The van der Waals surface area contributed by atoms with Gasteiger partial charge in [0.25, 0.3) is 0 Å². The zero-order valence-corrected chi connectivity index (χ0v) is 11.6. The lowest BCUT2D eigenvalue weighted by Crippen LogP contribution is -2.45. The summed E-state index contributed by atoms with van der Waals surface area (Å²) < 4.78 is 26.5. The van der Waals surface area contributed by atoms with Crippen molar-refractivity contribution in [3.63, 3.8) is 0 Å². The molecule has 96 valence electrons. The number of nitrogens with two attached hydrogens (primary N) is 1. The third kappa shape index (κ3) is 4.11. The Bertz CT molecular complexity index is 502. The summed E-state index contributed by atoms with van der Waals surface area (Å²) in [6, 6.07) is 5.08. The van der Waals surface area contributed by atoms with Crippen LogP contribution in [0.3, 0.4) is 0 Å². The van der Waals surface area contributed by atoms with Gasteiger partial charge in [-0.1, -0.05) is 6.07 Å². The summed E-state index contributed by atoms with van der Waals surface area (Å²) in [5.41, 5.74) is 7.22. The third-order valence-electron chi connectivity index (χ3n) is 2.51. The number of nitrogens with one attached hydrogen (secondary N) is 1. The normalized spacial score (nSPS) is 12.8. The van der Waals surface area contributed by atoms with Crippen LogP contribution in [0.15, 0.2) is 23.1 Å². The van der Waals surface area contributed by atoms with Crippen LogP contribution < -0.4 is 10.5 Å². The van der Waals surface area contributed by atoms with E-state index in [9.17, 15) is 8.42 Å². The Morgan fingerprint density at radius 3 is 2.29 bits per heavy atom. The molecule has 0 aliphatic heterocycles. The predicted octanol–water partition coefficient (Wildman–Crippen LogP) is 1.32. The molecule has 5 heteroatoms. The number of hydrogen-bond donors (Lipinski definition) is 2. The highest BCUT2D eigenvalue weighted by Gasteiger charge is 2.18. The maximum atomic E-state index is 12.0. The van der Waals surface area contributed by atoms with E-state index in [1.54, 1.807) is 32.0 Å². The highest BCUT2D eigenvalue weighted by molar-refractivity contribution is 7.89. The summed E-state index contributed by atoms with van der Waals surface area (Å²) in [7, 11) is -3.46. The molecule has 0 radical (unpaired) electrons. The predicted molar refractivity (Wildman–Crippen MR) is 69.4 cm³/mol. The van der Waals surface area contributed by atoms with Gasteiger partial charge < -0.3 is 5.73 Å². The molecule has 0 aliphatic carbocycles. The van der Waals surface area contributed by atoms with Crippen molar-refractivity contribution in [2.45, 2.75) is 38.1 Å². The fraction of sp³-hybridized carbons (Fsp3) is 0.500. The Morgan fingerprint density at radius 2 is 1.82 bits per heavy atom. The van der Waals surface area contributed by atoms with E-state index in [1.165, 1.54) is 0 Å². The van der Waals surface area contributed by atoms with Crippen LogP contribution in [-0.4, -0.2) is 20.5 Å². The molecule has 0 fully saturated rings. The van der Waals surface area contributed by atoms with Crippen LogP contribution in [0.2, 0.25) is 0 Å². The maximum Gasteiger partial charge on any atom is 0.240 e. The van der Waals surface area contributed by atoms with Crippen molar-refractivity contribution in [2.24, 2.45) is 5.73 Å². The zero-order valence-electron chi connectivity index (χ0n) is 10.7. The van der Waals surface area contributed by atoms with E-state index in [0.29, 0.717) is 0 Å². The van der Waals surface area contributed by atoms with Gasteiger partial charge in [-0.25, -0.2) is 13.1 Å². The number of rotatable bonds is 4. The van der Waals surface area contributed by atoms with E-state index in [-0.39, 0.29) is 11.4 Å². The Labute approximate surface area is 103 Å². The molecule has 4 nitrogen and oxygen atoms in total. The van der Waals surface area contributed by atoms with Gasteiger partial charge in [-0.15, -0.1) is 0 Å². The SMILES string of the molecule is Cc1ccc(S(=O)(=O)NCC(C)(C)N)cc1C. The van der Waals surface area contributed by atoms with Crippen molar-refractivity contribution in [2.75, 3.05) is 6.54 Å². The van der Waals surface area contributed by atoms with Crippen LogP contribution in [0.4, 0.5) is 0 Å². The molecule has 0 aromatic heterocycles. The number of sulfonamides is 1. The molecule has 1 rings (SSSR count). The molecule has 0 saturated heterocycles. The Morgan fingerprint density at radius 1 is 1.24 bits per heavy atom. The van der Waals surface area contributed by atoms with Crippen molar-refractivity contribution < 1.29 is 8.42 Å². The summed E-state index contributed by atoms with van der Waals surface area (Å²) in [5, 5.41) is 0. The highest BCUT2D eigenvalue weighted by atomic mass is 32.2. The molecule has 1 aromatic rings. The largest absolute Gasteiger partial charge is 0.324 e. The molecule has 0 unspecified atom stereocenters. The minimum absolute atomic E-state index is 0.211. The van der Waals surface area contributed by atoms with Crippen LogP contribution in [0.1, 0.15) is 25.0 Å². The minimum Gasteiger partial charge on any atom is -0.324 e. The van der Waals surface area contributed by atoms with E-state index in [4.69, 9.17) is 5.73 Å². The number of aryl methyl sites for hydroxylation is 2. The minimum atomic E-state index is -3.46. The van der Waals surface area contributed by atoms with Crippen molar-refractivity contribution >= 4 is 10.0 Å². The van der Waals surface area contributed by atoms with Crippen LogP contribution in [0, 0.1) is 13.8 Å². The first kappa shape index (κ1) is 14.2. The molecule has 0 saturated carbocycles. The monoisotopic (exact) mass is 256 g/mol. The summed E-state index contributed by atoms with van der Waals surface area (Å²) in [5.74, 6) is 0. The van der Waals surface area contributed by atoms with Gasteiger partial charge in [-0.3, -0.25) is 0 Å². The molecular weight excluding hydrogens is 236 g/mol. The lowest BCUT2D eigenvalue weighted by Gasteiger charge is -2.19. The van der Waals surface area contributed by atoms with Crippen molar-refractivity contribution in [1.82, 2.24) is 4.72 Å². The standard InChI is InChI=1S/C12H20N2O2S/c1-9-5-6-11(7-10(9)2)17(15,16)14-8-12(3,4)13/h5-7,14H,8,13H2,1-4H3. The summed E-state index contributed by atoms with van der Waals surface area (Å²) >= 11 is 0. The fourth-order valence-electron chi connectivity index (χ4n) is 1.25. The second kappa shape index (κ2) is 4.76. The molecule has 0 bridgehead atoms. The summed E-state index contributed by atoms with van der Waals surface area (Å²) in [6.07, 6.45) is 0. The lowest BCUT2D eigenvalue weighted by atomic mass is 10.1. The van der Waals surface area contributed by atoms with E-state index >= 15 is 0 Å². The molecule has 0 atom stereocenters. The third-order valence-corrected chi connectivity index (χ3v) is 3.91. The number of hydrogen-bond acceptors (Lipinski definition) is 3. The first-order valence-corrected chi connectivity index (χ1v) is 6.96. The van der Waals surface area contributed by atoms with Crippen LogP contribution in [0.25, 0.3) is 0 Å². The zero-order chi connectivity index (χ0) is 13.3. The van der Waals surface area contributed by atoms with E-state index in [1.807, 2.05) is 13.8 Å². The van der Waals surface area contributed by atoms with Gasteiger partial charge in [0, 0.05) is 12.1 Å². The van der Waals surface area contributed by atoms with Gasteiger partial charge in [-0.2, -0.15) is 0 Å². The van der Waals surface area contributed by atoms with Crippen LogP contribution in [-0.2, 0) is 10.0 Å². The van der Waals surface area contributed by atoms with Gasteiger partial charge in [0.05, 0.1) is 4.90 Å². The maximum absolute atomic E-state index is 12.0. The highest BCUT2D eigenvalue weighted by Crippen LogP contribution is 2.14. The Hall–Kier alpha value is -0.910. The Balaban J connectivity index is 2.94. The van der Waals surface area contributed by atoms with Crippen LogP contribution in [0.5, 0.6) is 0 Å². The van der Waals surface area contributed by atoms with E-state index in [2.05, 4.69) is 4.72 Å². The second-order valence-electron chi connectivity index (χ2n) is 5.06. The average molecular weight is 256 g/mol.